The Hall–Kier alpha value is -1.63. The molecule has 2 amide bonds. The summed E-state index contributed by atoms with van der Waals surface area (Å²) >= 11 is 0. The lowest BCUT2D eigenvalue weighted by atomic mass is 9.90. The van der Waals surface area contributed by atoms with Gasteiger partial charge >= 0.3 is 5.97 Å². The zero-order valence-electron chi connectivity index (χ0n) is 15.3. The first-order valence-electron chi connectivity index (χ1n) is 8.70. The van der Waals surface area contributed by atoms with E-state index in [-0.39, 0.29) is 30.2 Å². The van der Waals surface area contributed by atoms with E-state index < -0.39 is 17.9 Å². The standard InChI is InChI=1S/C17H33N3O4/c1-11(2)13(8-9-15(18)21)16(22)19-10-6-5-7-14(17(23)24)20-12(3)4/h11-14,20H,5-10H2,1-4H3,(H2,18,21)(H,19,22)(H,23,24). The summed E-state index contributed by atoms with van der Waals surface area (Å²) in [5.74, 6) is -1.41. The molecule has 0 saturated heterocycles. The van der Waals surface area contributed by atoms with Gasteiger partial charge in [0.05, 0.1) is 0 Å². The highest BCUT2D eigenvalue weighted by atomic mass is 16.4. The second-order valence-corrected chi connectivity index (χ2v) is 6.85. The summed E-state index contributed by atoms with van der Waals surface area (Å²) in [6.45, 7) is 8.22. The van der Waals surface area contributed by atoms with E-state index >= 15 is 0 Å². The van der Waals surface area contributed by atoms with Crippen LogP contribution in [0.1, 0.15) is 59.8 Å². The number of carbonyl (C=O) groups is 3. The molecular weight excluding hydrogens is 310 g/mol. The van der Waals surface area contributed by atoms with Crippen molar-refractivity contribution >= 4 is 17.8 Å². The van der Waals surface area contributed by atoms with Crippen LogP contribution in [0.15, 0.2) is 0 Å². The highest BCUT2D eigenvalue weighted by Crippen LogP contribution is 2.17. The van der Waals surface area contributed by atoms with Gasteiger partial charge in [0.2, 0.25) is 11.8 Å². The molecule has 140 valence electrons. The van der Waals surface area contributed by atoms with Crippen molar-refractivity contribution in [3.8, 4) is 0 Å². The molecule has 0 rings (SSSR count). The first kappa shape index (κ1) is 22.4. The average Bonchev–Trinajstić information content (AvgIpc) is 2.44. The number of hydrogen-bond acceptors (Lipinski definition) is 4. The van der Waals surface area contributed by atoms with Gasteiger partial charge in [-0.3, -0.25) is 14.4 Å². The van der Waals surface area contributed by atoms with Crippen molar-refractivity contribution in [1.29, 1.82) is 0 Å². The minimum atomic E-state index is -0.848. The van der Waals surface area contributed by atoms with Crippen LogP contribution in [0.5, 0.6) is 0 Å². The third-order valence-corrected chi connectivity index (χ3v) is 3.89. The Morgan fingerprint density at radius 3 is 2.12 bits per heavy atom. The molecule has 5 N–H and O–H groups in total. The van der Waals surface area contributed by atoms with Crippen LogP contribution in [0.3, 0.4) is 0 Å². The lowest BCUT2D eigenvalue weighted by Gasteiger charge is -2.20. The van der Waals surface area contributed by atoms with Crippen molar-refractivity contribution in [1.82, 2.24) is 10.6 Å². The second kappa shape index (κ2) is 11.8. The van der Waals surface area contributed by atoms with Gasteiger partial charge in [0.15, 0.2) is 0 Å². The van der Waals surface area contributed by atoms with Gasteiger partial charge in [0, 0.05) is 24.9 Å². The molecule has 0 aromatic carbocycles. The zero-order valence-corrected chi connectivity index (χ0v) is 15.3. The van der Waals surface area contributed by atoms with Crippen LogP contribution in [-0.4, -0.2) is 41.5 Å². The van der Waals surface area contributed by atoms with E-state index in [2.05, 4.69) is 10.6 Å². The van der Waals surface area contributed by atoms with Crippen LogP contribution in [-0.2, 0) is 14.4 Å². The van der Waals surface area contributed by atoms with Crippen LogP contribution in [0.4, 0.5) is 0 Å². The van der Waals surface area contributed by atoms with Crippen molar-refractivity contribution in [2.45, 2.75) is 71.9 Å². The number of carbonyl (C=O) groups excluding carboxylic acids is 2. The molecule has 0 bridgehead atoms. The number of primary amides is 1. The largest absolute Gasteiger partial charge is 0.480 e. The Bertz CT molecular complexity index is 411. The van der Waals surface area contributed by atoms with E-state index in [0.717, 1.165) is 6.42 Å². The van der Waals surface area contributed by atoms with E-state index in [1.54, 1.807) is 0 Å². The number of rotatable bonds is 13. The first-order chi connectivity index (χ1) is 11.1. The molecule has 0 radical (unpaired) electrons. The highest BCUT2D eigenvalue weighted by molar-refractivity contribution is 5.80. The summed E-state index contributed by atoms with van der Waals surface area (Å²) in [4.78, 5) is 34.2. The lowest BCUT2D eigenvalue weighted by molar-refractivity contribution is -0.140. The van der Waals surface area contributed by atoms with Crippen molar-refractivity contribution in [3.05, 3.63) is 0 Å². The van der Waals surface area contributed by atoms with E-state index in [9.17, 15) is 14.4 Å². The monoisotopic (exact) mass is 343 g/mol. The molecule has 0 aromatic rings. The van der Waals surface area contributed by atoms with Gasteiger partial charge in [-0.1, -0.05) is 27.7 Å². The molecule has 0 heterocycles. The van der Waals surface area contributed by atoms with E-state index in [1.165, 1.54) is 0 Å². The van der Waals surface area contributed by atoms with Gasteiger partial charge in [-0.05, 0) is 31.6 Å². The average molecular weight is 343 g/mol. The topological polar surface area (TPSA) is 122 Å². The van der Waals surface area contributed by atoms with Gasteiger partial charge in [-0.15, -0.1) is 0 Å². The van der Waals surface area contributed by atoms with Crippen LogP contribution >= 0.6 is 0 Å². The quantitative estimate of drug-likeness (QED) is 0.375. The van der Waals surface area contributed by atoms with Crippen molar-refractivity contribution < 1.29 is 19.5 Å². The fraction of sp³-hybridized carbons (Fsp3) is 0.824. The summed E-state index contributed by atoms with van der Waals surface area (Å²) in [5, 5.41) is 15.0. The Balaban J connectivity index is 4.13. The fourth-order valence-corrected chi connectivity index (χ4v) is 2.56. The molecule has 0 aliphatic rings. The molecule has 7 heteroatoms. The van der Waals surface area contributed by atoms with Crippen molar-refractivity contribution in [2.24, 2.45) is 17.6 Å². The Kier molecular flexibility index (Phi) is 11.0. The van der Waals surface area contributed by atoms with Crippen LogP contribution in [0.2, 0.25) is 0 Å². The first-order valence-corrected chi connectivity index (χ1v) is 8.70. The molecule has 0 spiro atoms. The summed E-state index contributed by atoms with van der Waals surface area (Å²) in [7, 11) is 0. The van der Waals surface area contributed by atoms with Gasteiger partial charge in [0.1, 0.15) is 6.04 Å². The van der Waals surface area contributed by atoms with Crippen molar-refractivity contribution in [3.63, 3.8) is 0 Å². The third-order valence-electron chi connectivity index (χ3n) is 3.89. The Morgan fingerprint density at radius 1 is 1.04 bits per heavy atom. The van der Waals surface area contributed by atoms with Crippen LogP contribution < -0.4 is 16.4 Å². The molecule has 7 nitrogen and oxygen atoms in total. The molecule has 0 aromatic heterocycles. The van der Waals surface area contributed by atoms with Crippen molar-refractivity contribution in [2.75, 3.05) is 6.54 Å². The maximum absolute atomic E-state index is 12.2. The summed E-state index contributed by atoms with van der Waals surface area (Å²) in [5.41, 5.74) is 5.14. The molecular formula is C17H33N3O4. The molecule has 0 fully saturated rings. The van der Waals surface area contributed by atoms with E-state index in [4.69, 9.17) is 10.8 Å². The number of nitrogens with two attached hydrogens (primary N) is 1. The maximum Gasteiger partial charge on any atom is 0.320 e. The molecule has 24 heavy (non-hydrogen) atoms. The normalized spacial score (nSPS) is 13.8. The van der Waals surface area contributed by atoms with Gasteiger partial charge in [-0.25, -0.2) is 0 Å². The maximum atomic E-state index is 12.2. The number of carboxylic acid groups (broad SMARTS) is 1. The smallest absolute Gasteiger partial charge is 0.320 e. The second-order valence-electron chi connectivity index (χ2n) is 6.85. The number of unbranched alkanes of at least 4 members (excludes halogenated alkanes) is 1. The summed E-state index contributed by atoms with van der Waals surface area (Å²) < 4.78 is 0. The number of hydrogen-bond donors (Lipinski definition) is 4. The third kappa shape index (κ3) is 10.2. The van der Waals surface area contributed by atoms with Gasteiger partial charge < -0.3 is 21.5 Å². The Labute approximate surface area is 144 Å². The SMILES string of the molecule is CC(C)NC(CCCCNC(=O)C(CCC(N)=O)C(C)C)C(=O)O. The summed E-state index contributed by atoms with van der Waals surface area (Å²) in [6, 6.07) is -0.442. The van der Waals surface area contributed by atoms with E-state index in [1.807, 2.05) is 27.7 Å². The van der Waals surface area contributed by atoms with Crippen LogP contribution in [0, 0.1) is 11.8 Å². The van der Waals surface area contributed by atoms with Crippen LogP contribution in [0.25, 0.3) is 0 Å². The number of aliphatic carboxylic acids is 1. The van der Waals surface area contributed by atoms with Gasteiger partial charge in [0.25, 0.3) is 0 Å². The fourth-order valence-electron chi connectivity index (χ4n) is 2.56. The molecule has 2 unspecified atom stereocenters. The minimum absolute atomic E-state index is 0.0682. The lowest BCUT2D eigenvalue weighted by Crippen LogP contribution is -2.41. The van der Waals surface area contributed by atoms with E-state index in [0.29, 0.717) is 25.8 Å². The highest BCUT2D eigenvalue weighted by Gasteiger charge is 2.22. The molecule has 0 saturated carbocycles. The zero-order chi connectivity index (χ0) is 18.7. The number of nitrogens with one attached hydrogen (secondary N) is 2. The molecule has 0 aliphatic heterocycles. The Morgan fingerprint density at radius 2 is 1.67 bits per heavy atom. The molecule has 2 atom stereocenters. The predicted molar refractivity (Wildman–Crippen MR) is 93.3 cm³/mol. The molecule has 0 aliphatic carbocycles. The predicted octanol–water partition coefficient (Wildman–Crippen LogP) is 1.26. The minimum Gasteiger partial charge on any atom is -0.480 e. The number of carboxylic acids is 1. The summed E-state index contributed by atoms with van der Waals surface area (Å²) in [6.07, 6.45) is 2.62. The van der Waals surface area contributed by atoms with Gasteiger partial charge in [-0.2, -0.15) is 0 Å². The number of amides is 2.